The summed E-state index contributed by atoms with van der Waals surface area (Å²) in [7, 11) is 0. The lowest BCUT2D eigenvalue weighted by atomic mass is 10.0. The van der Waals surface area contributed by atoms with Crippen LogP contribution in [0, 0.1) is 0 Å². The van der Waals surface area contributed by atoms with E-state index in [0.717, 1.165) is 52.5 Å². The van der Waals surface area contributed by atoms with Crippen LogP contribution in [-0.4, -0.2) is 168 Å². The third-order valence-electron chi connectivity index (χ3n) is 11.2. The van der Waals surface area contributed by atoms with Crippen molar-refractivity contribution in [2.24, 2.45) is 5.73 Å². The van der Waals surface area contributed by atoms with Gasteiger partial charge in [-0.2, -0.15) is 0 Å². The van der Waals surface area contributed by atoms with Gasteiger partial charge in [0.2, 0.25) is 0 Å². The molecule has 0 aliphatic carbocycles. The van der Waals surface area contributed by atoms with E-state index in [1.165, 1.54) is 0 Å². The van der Waals surface area contributed by atoms with Crippen molar-refractivity contribution >= 4 is 0 Å². The first kappa shape index (κ1) is 54.5. The van der Waals surface area contributed by atoms with Gasteiger partial charge in [0.15, 0.2) is 0 Å². The summed E-state index contributed by atoms with van der Waals surface area (Å²) in [6, 6.07) is 0.975. The minimum Gasteiger partial charge on any atom is -0.379 e. The largest absolute Gasteiger partial charge is 0.379 e. The number of piperazine rings is 1. The third kappa shape index (κ3) is 18.1. The van der Waals surface area contributed by atoms with Crippen LogP contribution in [-0.2, 0) is 4.74 Å². The highest BCUT2D eigenvalue weighted by Crippen LogP contribution is 2.38. The van der Waals surface area contributed by atoms with E-state index in [9.17, 15) is 4.39 Å². The fourth-order valence-corrected chi connectivity index (χ4v) is 9.00. The molecule has 6 atom stereocenters. The Bertz CT molecular complexity index is 951. The second-order valence-electron chi connectivity index (χ2n) is 19.1. The summed E-state index contributed by atoms with van der Waals surface area (Å²) in [6.45, 7) is 47.9. The highest BCUT2D eigenvalue weighted by atomic mass is 19.2. The lowest BCUT2D eigenvalue weighted by molar-refractivity contribution is 0.00493. The number of nitrogens with two attached hydrogens (primary N) is 1. The molecule has 0 amide bonds. The van der Waals surface area contributed by atoms with Crippen LogP contribution >= 0.6 is 0 Å². The van der Waals surface area contributed by atoms with Crippen LogP contribution in [0.2, 0.25) is 0 Å². The number of morpholine rings is 1. The van der Waals surface area contributed by atoms with Gasteiger partial charge < -0.3 is 15.8 Å². The molecule has 0 aromatic carbocycles. The zero-order chi connectivity index (χ0) is 43.1. The monoisotopic (exact) mass is 794 g/mol. The standard InChI is InChI=1S/C14H28FN3.C14H27FN2O.C10H21FN2.3C2H6/c1-12-9-14(15,11-18(12)13(2,3)4)10-17-7-5-16-6-8-17;1-12-9-14(15,11-17(12)13(2,3)4)10-16-5-7-18-8-6-16;1-8-5-10(11,6-12)7-13(8)9(2,3)4;3*1-2/h12,16H,5-11H2,1-4H3;12H,5-11H2,1-4H3;8H,5-7,12H2,1-4H3;3*1-2H3/t2*12-,14?;8-,10?;;;/m111.../s1. The van der Waals surface area contributed by atoms with E-state index >= 15 is 8.78 Å². The maximum Gasteiger partial charge on any atom is 0.137 e. The molecule has 3 unspecified atom stereocenters. The van der Waals surface area contributed by atoms with E-state index in [1.807, 2.05) is 41.5 Å². The average Bonchev–Trinajstić information content (AvgIpc) is 3.73. The quantitative estimate of drug-likeness (QED) is 0.290. The first-order valence-corrected chi connectivity index (χ1v) is 22.2. The summed E-state index contributed by atoms with van der Waals surface area (Å²) in [5.41, 5.74) is 2.36. The highest BCUT2D eigenvalue weighted by Gasteiger charge is 2.48. The predicted molar refractivity (Wildman–Crippen MR) is 233 cm³/mol. The van der Waals surface area contributed by atoms with Crippen molar-refractivity contribution in [3.8, 4) is 0 Å². The Morgan fingerprint density at radius 1 is 0.545 bits per heavy atom. The van der Waals surface area contributed by atoms with Gasteiger partial charge in [0.05, 0.1) is 13.2 Å². The fraction of sp³-hybridized carbons (Fsp3) is 1.00. The van der Waals surface area contributed by atoms with Crippen LogP contribution in [0.4, 0.5) is 13.2 Å². The number of hydrogen-bond acceptors (Lipinski definition) is 8. The van der Waals surface area contributed by atoms with E-state index in [2.05, 4.69) is 113 Å². The number of nitrogens with one attached hydrogen (secondary N) is 1. The van der Waals surface area contributed by atoms with Crippen LogP contribution in [0.25, 0.3) is 0 Å². The molecule has 3 N–H and O–H groups in total. The van der Waals surface area contributed by atoms with Gasteiger partial charge in [-0.15, -0.1) is 0 Å². The smallest absolute Gasteiger partial charge is 0.137 e. The van der Waals surface area contributed by atoms with E-state index in [4.69, 9.17) is 10.5 Å². The molecule has 8 nitrogen and oxygen atoms in total. The molecule has 5 aliphatic rings. The Morgan fingerprint density at radius 2 is 0.836 bits per heavy atom. The molecular formula is C44H94F3N7O. The Kier molecular flexibility index (Phi) is 23.7. The molecule has 5 aliphatic heterocycles. The molecule has 0 bridgehead atoms. The second-order valence-corrected chi connectivity index (χ2v) is 19.1. The normalized spacial score (nSPS) is 32.7. The number of likely N-dealkylation sites (tertiary alicyclic amines) is 3. The molecule has 0 spiro atoms. The second kappa shape index (κ2) is 23.9. The minimum absolute atomic E-state index is 0.0441. The molecule has 5 fully saturated rings. The van der Waals surface area contributed by atoms with Gasteiger partial charge in [0, 0.05) is 113 Å². The van der Waals surface area contributed by atoms with E-state index in [0.29, 0.717) is 70.1 Å². The van der Waals surface area contributed by atoms with Gasteiger partial charge in [0.25, 0.3) is 0 Å². The Hall–Kier alpha value is -0.530. The Balaban J connectivity index is 0.000000752. The lowest BCUT2D eigenvalue weighted by Gasteiger charge is -2.36. The maximum absolute atomic E-state index is 15.0. The molecule has 5 heterocycles. The number of halogens is 3. The lowest BCUT2D eigenvalue weighted by Crippen LogP contribution is -2.51. The Morgan fingerprint density at radius 3 is 1.11 bits per heavy atom. The van der Waals surface area contributed by atoms with Crippen LogP contribution < -0.4 is 11.1 Å². The number of ether oxygens (including phenoxy) is 1. The van der Waals surface area contributed by atoms with Crippen molar-refractivity contribution in [3.05, 3.63) is 0 Å². The SMILES string of the molecule is CC.CC.CC.C[C@@H]1CC(F)(CN)CN1C(C)(C)C.C[C@@H]1CC(F)(CN2CCNCC2)CN1C(C)(C)C.C[C@@H]1CC(F)(CN2CCOCC2)CN1C(C)(C)C. The van der Waals surface area contributed by atoms with Crippen molar-refractivity contribution in [2.45, 2.75) is 196 Å². The first-order chi connectivity index (χ1) is 25.4. The number of rotatable bonds is 5. The molecule has 332 valence electrons. The molecule has 0 aromatic heterocycles. The summed E-state index contributed by atoms with van der Waals surface area (Å²) in [5, 5.41) is 3.32. The number of nitrogens with zero attached hydrogens (tertiary/aromatic N) is 5. The minimum atomic E-state index is -1.16. The zero-order valence-electron chi connectivity index (χ0n) is 39.6. The highest BCUT2D eigenvalue weighted by molar-refractivity contribution is 5.03. The topological polar surface area (TPSA) is 63.5 Å². The summed E-state index contributed by atoms with van der Waals surface area (Å²) in [5.74, 6) is 0. The van der Waals surface area contributed by atoms with Gasteiger partial charge in [-0.25, -0.2) is 13.2 Å². The number of alkyl halides is 3. The Labute approximate surface area is 340 Å². The van der Waals surface area contributed by atoms with E-state index < -0.39 is 17.0 Å². The van der Waals surface area contributed by atoms with Gasteiger partial charge in [-0.1, -0.05) is 41.5 Å². The maximum atomic E-state index is 15.0. The summed E-state index contributed by atoms with van der Waals surface area (Å²) in [4.78, 5) is 11.3. The molecule has 0 radical (unpaired) electrons. The molecule has 0 saturated carbocycles. The first-order valence-electron chi connectivity index (χ1n) is 22.2. The average molecular weight is 794 g/mol. The predicted octanol–water partition coefficient (Wildman–Crippen LogP) is 8.04. The van der Waals surface area contributed by atoms with E-state index in [-0.39, 0.29) is 23.2 Å². The summed E-state index contributed by atoms with van der Waals surface area (Å²) in [6.07, 6.45) is 1.90. The third-order valence-corrected chi connectivity index (χ3v) is 11.2. The molecule has 5 saturated heterocycles. The van der Waals surface area contributed by atoms with Gasteiger partial charge >= 0.3 is 0 Å². The van der Waals surface area contributed by atoms with Crippen LogP contribution in [0.5, 0.6) is 0 Å². The molecular weight excluding hydrogens is 700 g/mol. The molecule has 11 heteroatoms. The van der Waals surface area contributed by atoms with Gasteiger partial charge in [0.1, 0.15) is 17.0 Å². The van der Waals surface area contributed by atoms with Crippen molar-refractivity contribution in [1.82, 2.24) is 29.8 Å². The molecule has 5 rings (SSSR count). The van der Waals surface area contributed by atoms with Crippen molar-refractivity contribution in [1.29, 1.82) is 0 Å². The van der Waals surface area contributed by atoms with Crippen LogP contribution in [0.15, 0.2) is 0 Å². The van der Waals surface area contributed by atoms with Crippen LogP contribution in [0.3, 0.4) is 0 Å². The number of hydrogen-bond donors (Lipinski definition) is 2. The summed E-state index contributed by atoms with van der Waals surface area (Å²) < 4.78 is 49.3. The van der Waals surface area contributed by atoms with E-state index in [1.54, 1.807) is 0 Å². The van der Waals surface area contributed by atoms with Gasteiger partial charge in [-0.05, 0) is 102 Å². The van der Waals surface area contributed by atoms with Gasteiger partial charge in [-0.3, -0.25) is 24.5 Å². The fourth-order valence-electron chi connectivity index (χ4n) is 9.00. The van der Waals surface area contributed by atoms with Crippen molar-refractivity contribution in [2.75, 3.05) is 91.8 Å². The van der Waals surface area contributed by atoms with Crippen molar-refractivity contribution < 1.29 is 17.9 Å². The zero-order valence-corrected chi connectivity index (χ0v) is 39.6. The summed E-state index contributed by atoms with van der Waals surface area (Å²) >= 11 is 0. The van der Waals surface area contributed by atoms with Crippen molar-refractivity contribution in [3.63, 3.8) is 0 Å². The van der Waals surface area contributed by atoms with Crippen LogP contribution in [0.1, 0.15) is 144 Å². The molecule has 0 aromatic rings. The molecule has 55 heavy (non-hydrogen) atoms.